The van der Waals surface area contributed by atoms with Crippen molar-refractivity contribution < 1.29 is 38.7 Å². The van der Waals surface area contributed by atoms with E-state index in [9.17, 15) is 19.8 Å². The summed E-state index contributed by atoms with van der Waals surface area (Å²) in [5.74, 6) is -1.13. The summed E-state index contributed by atoms with van der Waals surface area (Å²) in [6.07, 6.45) is 0.583. The molecular weight excluding hydrogens is 468 g/mol. The molecule has 1 amide bonds. The van der Waals surface area contributed by atoms with Gasteiger partial charge in [0.1, 0.15) is 17.3 Å². The fraction of sp³-hybridized carbons (Fsp3) is 0.385. The number of amides is 1. The fourth-order valence-electron chi connectivity index (χ4n) is 4.31. The summed E-state index contributed by atoms with van der Waals surface area (Å²) in [6.45, 7) is 0.925. The Bertz CT molecular complexity index is 1170. The van der Waals surface area contributed by atoms with Gasteiger partial charge in [-0.05, 0) is 51.3 Å². The van der Waals surface area contributed by atoms with E-state index in [1.54, 1.807) is 12.1 Å². The number of Topliss-reactive ketones (excluding diaryl/α,β-unsaturated/α-hetero) is 1. The smallest absolute Gasteiger partial charge is 0.295 e. The van der Waals surface area contributed by atoms with Crippen LogP contribution in [0.3, 0.4) is 0 Å². The predicted octanol–water partition coefficient (Wildman–Crippen LogP) is 2.80. The Hall–Kier alpha value is -3.92. The van der Waals surface area contributed by atoms with Gasteiger partial charge < -0.3 is 39.0 Å². The minimum absolute atomic E-state index is 0.00784. The lowest BCUT2D eigenvalue weighted by Gasteiger charge is -2.28. The van der Waals surface area contributed by atoms with Crippen molar-refractivity contribution in [2.75, 3.05) is 55.6 Å². The predicted molar refractivity (Wildman–Crippen MR) is 133 cm³/mol. The number of rotatable bonds is 10. The van der Waals surface area contributed by atoms with Gasteiger partial charge in [-0.3, -0.25) is 9.59 Å². The van der Waals surface area contributed by atoms with Gasteiger partial charge >= 0.3 is 0 Å². The third-order valence-corrected chi connectivity index (χ3v) is 6.03. The van der Waals surface area contributed by atoms with Crippen molar-refractivity contribution in [3.8, 4) is 28.7 Å². The lowest BCUT2D eigenvalue weighted by Crippen LogP contribution is -2.32. The van der Waals surface area contributed by atoms with Crippen molar-refractivity contribution in [2.24, 2.45) is 0 Å². The van der Waals surface area contributed by atoms with Crippen molar-refractivity contribution in [3.05, 3.63) is 47.0 Å². The van der Waals surface area contributed by atoms with Gasteiger partial charge in [0.2, 0.25) is 5.75 Å². The average Bonchev–Trinajstić information content (AvgIpc) is 3.11. The van der Waals surface area contributed by atoms with E-state index >= 15 is 0 Å². The molecule has 1 aliphatic heterocycles. The third-order valence-electron chi connectivity index (χ3n) is 6.03. The van der Waals surface area contributed by atoms with Gasteiger partial charge in [-0.1, -0.05) is 0 Å². The molecule has 194 valence electrons. The first kappa shape index (κ1) is 26.7. The highest BCUT2D eigenvalue weighted by Gasteiger charge is 2.47. The summed E-state index contributed by atoms with van der Waals surface area (Å²) in [4.78, 5) is 29.9. The fourth-order valence-corrected chi connectivity index (χ4v) is 4.31. The molecule has 0 aromatic heterocycles. The molecule has 0 radical (unpaired) electrons. The largest absolute Gasteiger partial charge is 0.507 e. The molecule has 0 spiro atoms. The Morgan fingerprint density at radius 2 is 1.67 bits per heavy atom. The number of phenols is 1. The molecule has 10 nitrogen and oxygen atoms in total. The van der Waals surface area contributed by atoms with Crippen LogP contribution in [-0.4, -0.2) is 87.3 Å². The number of carbonyl (C=O) groups excluding carboxylic acids is 2. The molecule has 1 aliphatic rings. The first-order valence-electron chi connectivity index (χ1n) is 11.3. The maximum atomic E-state index is 13.3. The summed E-state index contributed by atoms with van der Waals surface area (Å²) < 4.78 is 21.6. The first-order chi connectivity index (χ1) is 17.2. The Balaban J connectivity index is 2.26. The number of aliphatic hydroxyl groups excluding tert-OH is 1. The molecule has 0 bridgehead atoms. The number of carbonyl (C=O) groups is 2. The van der Waals surface area contributed by atoms with Crippen LogP contribution in [0.15, 0.2) is 35.9 Å². The van der Waals surface area contributed by atoms with Gasteiger partial charge in [-0.25, -0.2) is 0 Å². The van der Waals surface area contributed by atoms with Crippen molar-refractivity contribution in [1.29, 1.82) is 0 Å². The van der Waals surface area contributed by atoms with Gasteiger partial charge in [-0.2, -0.15) is 0 Å². The highest BCUT2D eigenvalue weighted by molar-refractivity contribution is 6.46. The normalized spacial score (nSPS) is 17.0. The molecule has 0 saturated carbocycles. The number of hydrogen-bond acceptors (Lipinski definition) is 9. The standard InChI is InChI=1S/C26H32N2O8/c1-27(2)12-7-13-28-21(17-10-11-19(34-4)25(36-6)24(17)35-5)20(23(31)26(28)32)22(30)16-9-8-15(33-3)14-18(16)29/h8-11,14,21,29-30H,7,12-13H2,1-6H3/t21-/m0/s1. The number of likely N-dealkylation sites (tertiary alicyclic amines) is 1. The third kappa shape index (κ3) is 4.90. The van der Waals surface area contributed by atoms with Gasteiger partial charge in [0.15, 0.2) is 11.5 Å². The van der Waals surface area contributed by atoms with E-state index < -0.39 is 23.5 Å². The van der Waals surface area contributed by atoms with Crippen molar-refractivity contribution in [1.82, 2.24) is 9.80 Å². The van der Waals surface area contributed by atoms with Gasteiger partial charge in [0, 0.05) is 18.2 Å². The molecule has 3 rings (SSSR count). The summed E-state index contributed by atoms with van der Waals surface area (Å²) in [5, 5.41) is 21.8. The Kier molecular flexibility index (Phi) is 8.31. The second-order valence-electron chi connectivity index (χ2n) is 8.46. The molecule has 1 fully saturated rings. The van der Waals surface area contributed by atoms with Gasteiger partial charge in [-0.15, -0.1) is 0 Å². The van der Waals surface area contributed by atoms with Crippen molar-refractivity contribution in [3.63, 3.8) is 0 Å². The first-order valence-corrected chi connectivity index (χ1v) is 11.3. The second kappa shape index (κ2) is 11.2. The lowest BCUT2D eigenvalue weighted by atomic mass is 9.93. The van der Waals surface area contributed by atoms with Crippen LogP contribution in [0, 0.1) is 0 Å². The average molecular weight is 501 g/mol. The molecule has 1 atom stereocenters. The maximum Gasteiger partial charge on any atom is 0.295 e. The zero-order valence-electron chi connectivity index (χ0n) is 21.3. The second-order valence-corrected chi connectivity index (χ2v) is 8.46. The van der Waals surface area contributed by atoms with E-state index in [4.69, 9.17) is 18.9 Å². The molecule has 10 heteroatoms. The molecule has 2 aromatic rings. The van der Waals surface area contributed by atoms with Crippen LogP contribution in [0.4, 0.5) is 0 Å². The van der Waals surface area contributed by atoms with Crippen LogP contribution in [0.5, 0.6) is 28.7 Å². The number of aromatic hydroxyl groups is 1. The number of ether oxygens (including phenoxy) is 4. The summed E-state index contributed by atoms with van der Waals surface area (Å²) >= 11 is 0. The molecule has 0 unspecified atom stereocenters. The van der Waals surface area contributed by atoms with Crippen LogP contribution in [0.1, 0.15) is 23.6 Å². The van der Waals surface area contributed by atoms with E-state index in [0.717, 1.165) is 0 Å². The molecule has 36 heavy (non-hydrogen) atoms. The number of benzene rings is 2. The Labute approximate surface area is 210 Å². The number of hydrogen-bond donors (Lipinski definition) is 2. The molecule has 1 heterocycles. The van der Waals surface area contributed by atoms with Crippen LogP contribution in [0.2, 0.25) is 0 Å². The summed E-state index contributed by atoms with van der Waals surface area (Å²) in [5.41, 5.74) is 0.246. The SMILES string of the molecule is COc1ccc(C(O)=C2C(=O)C(=O)N(CCCN(C)C)[C@H]2c2ccc(OC)c(OC)c2OC)c(O)c1. The van der Waals surface area contributed by atoms with E-state index in [2.05, 4.69) is 0 Å². The highest BCUT2D eigenvalue weighted by Crippen LogP contribution is 2.49. The van der Waals surface area contributed by atoms with Crippen LogP contribution < -0.4 is 18.9 Å². The molecule has 1 saturated heterocycles. The molecular formula is C26H32N2O8. The number of aliphatic hydroxyl groups is 1. The zero-order valence-corrected chi connectivity index (χ0v) is 21.3. The lowest BCUT2D eigenvalue weighted by molar-refractivity contribution is -0.140. The topological polar surface area (TPSA) is 118 Å². The minimum atomic E-state index is -0.997. The van der Waals surface area contributed by atoms with E-state index in [0.29, 0.717) is 30.0 Å². The molecule has 2 N–H and O–H groups in total. The molecule has 0 aliphatic carbocycles. The van der Waals surface area contributed by atoms with Crippen LogP contribution in [-0.2, 0) is 9.59 Å². The van der Waals surface area contributed by atoms with Crippen LogP contribution in [0.25, 0.3) is 5.76 Å². The quantitative estimate of drug-likeness (QED) is 0.288. The number of ketones is 1. The number of nitrogens with zero attached hydrogens (tertiary/aromatic N) is 2. The van der Waals surface area contributed by atoms with Crippen molar-refractivity contribution in [2.45, 2.75) is 12.5 Å². The zero-order chi connectivity index (χ0) is 26.6. The number of methoxy groups -OCH3 is 4. The van der Waals surface area contributed by atoms with Gasteiger partial charge in [0.25, 0.3) is 11.7 Å². The summed E-state index contributed by atoms with van der Waals surface area (Å²) in [6, 6.07) is 6.58. The van der Waals surface area contributed by atoms with E-state index in [-0.39, 0.29) is 34.9 Å². The maximum absolute atomic E-state index is 13.3. The van der Waals surface area contributed by atoms with E-state index in [1.165, 1.54) is 51.5 Å². The monoisotopic (exact) mass is 500 g/mol. The number of phenolic OH excluding ortho intramolecular Hbond substituents is 1. The van der Waals surface area contributed by atoms with E-state index in [1.807, 2.05) is 19.0 Å². The Morgan fingerprint density at radius 3 is 2.22 bits per heavy atom. The highest BCUT2D eigenvalue weighted by atomic mass is 16.5. The van der Waals surface area contributed by atoms with Crippen LogP contribution >= 0.6 is 0 Å². The summed E-state index contributed by atoms with van der Waals surface area (Å²) in [7, 11) is 9.64. The minimum Gasteiger partial charge on any atom is -0.507 e. The Morgan fingerprint density at radius 1 is 0.972 bits per heavy atom. The van der Waals surface area contributed by atoms with Gasteiger partial charge in [0.05, 0.1) is 45.6 Å². The van der Waals surface area contributed by atoms with Crippen molar-refractivity contribution >= 4 is 17.4 Å². The molecule has 2 aromatic carbocycles.